The summed E-state index contributed by atoms with van der Waals surface area (Å²) < 4.78 is 10.3. The minimum Gasteiger partial charge on any atom is -0.492 e. The summed E-state index contributed by atoms with van der Waals surface area (Å²) >= 11 is 0. The predicted molar refractivity (Wildman–Crippen MR) is 64.0 cm³/mol. The van der Waals surface area contributed by atoms with E-state index in [1.807, 2.05) is 0 Å². The molecule has 0 saturated heterocycles. The zero-order chi connectivity index (χ0) is 13.0. The Balaban J connectivity index is 2.05. The number of rotatable bonds is 4. The third-order valence-corrected chi connectivity index (χ3v) is 2.24. The van der Waals surface area contributed by atoms with Crippen LogP contribution < -0.4 is 15.7 Å². The van der Waals surface area contributed by atoms with Crippen molar-refractivity contribution in [3.63, 3.8) is 0 Å². The number of benzene rings is 1. The lowest BCUT2D eigenvalue weighted by Crippen LogP contribution is -2.26. The summed E-state index contributed by atoms with van der Waals surface area (Å²) in [5.74, 6) is 0.518. The molecule has 0 saturated carbocycles. The second-order valence-corrected chi connectivity index (χ2v) is 3.53. The van der Waals surface area contributed by atoms with Gasteiger partial charge < -0.3 is 19.6 Å². The van der Waals surface area contributed by atoms with E-state index < -0.39 is 11.7 Å². The van der Waals surface area contributed by atoms with Gasteiger partial charge in [0.05, 0.1) is 6.54 Å². The van der Waals surface area contributed by atoms with Gasteiger partial charge in [-0.05, 0) is 18.2 Å². The van der Waals surface area contributed by atoms with Crippen LogP contribution in [0.15, 0.2) is 39.5 Å². The Morgan fingerprint density at radius 3 is 2.89 bits per heavy atom. The molecule has 1 aromatic heterocycles. The Bertz CT molecular complexity index is 619. The van der Waals surface area contributed by atoms with Gasteiger partial charge in [0, 0.05) is 17.5 Å². The Morgan fingerprint density at radius 2 is 2.11 bits per heavy atom. The molecule has 0 bridgehead atoms. The quantitative estimate of drug-likeness (QED) is 0.632. The molecular formula is C12H11NO5. The molecule has 6 heteroatoms. The van der Waals surface area contributed by atoms with Gasteiger partial charge in [0.1, 0.15) is 17.9 Å². The van der Waals surface area contributed by atoms with E-state index in [4.69, 9.17) is 14.3 Å². The number of nitrogens with one attached hydrogen (secondary N) is 1. The number of carboxylic acid groups (broad SMARTS) is 1. The summed E-state index contributed by atoms with van der Waals surface area (Å²) in [6.45, 7) is 0.390. The second kappa shape index (κ2) is 5.22. The van der Waals surface area contributed by atoms with Crippen molar-refractivity contribution < 1.29 is 19.1 Å². The first kappa shape index (κ1) is 12.0. The molecule has 2 aromatic rings. The van der Waals surface area contributed by atoms with Crippen molar-refractivity contribution in [3.8, 4) is 5.75 Å². The highest BCUT2D eigenvalue weighted by atomic mass is 16.5. The molecule has 0 aliphatic rings. The minimum atomic E-state index is -1.09. The summed E-state index contributed by atoms with van der Waals surface area (Å²) in [7, 11) is 0. The maximum atomic E-state index is 11.0. The van der Waals surface area contributed by atoms with Crippen molar-refractivity contribution >= 4 is 17.1 Å². The zero-order valence-corrected chi connectivity index (χ0v) is 9.38. The van der Waals surface area contributed by atoms with Gasteiger partial charge >= 0.3 is 11.7 Å². The predicted octanol–water partition coefficient (Wildman–Crippen LogP) is 1.44. The number of hydrogen-bond donors (Lipinski definition) is 2. The van der Waals surface area contributed by atoms with Crippen LogP contribution in [0.2, 0.25) is 0 Å². The maximum absolute atomic E-state index is 11.0. The fourth-order valence-corrected chi connectivity index (χ4v) is 1.46. The standard InChI is InChI=1S/C12H11NO5/c14-11-4-2-8-1-3-9(7-10(8)18-11)17-6-5-13-12(15)16/h1-4,7,13H,5-6H2,(H,15,16). The Morgan fingerprint density at radius 1 is 1.33 bits per heavy atom. The van der Waals surface area contributed by atoms with E-state index in [0.717, 1.165) is 5.39 Å². The Hall–Kier alpha value is -2.50. The van der Waals surface area contributed by atoms with Gasteiger partial charge in [-0.25, -0.2) is 9.59 Å². The van der Waals surface area contributed by atoms with Crippen LogP contribution in [0.1, 0.15) is 0 Å². The molecule has 1 amide bonds. The van der Waals surface area contributed by atoms with Gasteiger partial charge in [-0.15, -0.1) is 0 Å². The monoisotopic (exact) mass is 249 g/mol. The van der Waals surface area contributed by atoms with Crippen LogP contribution in [0, 0.1) is 0 Å². The lowest BCUT2D eigenvalue weighted by atomic mass is 10.2. The van der Waals surface area contributed by atoms with Crippen LogP contribution in [0.4, 0.5) is 4.79 Å². The molecule has 0 aliphatic carbocycles. The smallest absolute Gasteiger partial charge is 0.404 e. The second-order valence-electron chi connectivity index (χ2n) is 3.53. The number of hydrogen-bond acceptors (Lipinski definition) is 4. The molecule has 1 aromatic carbocycles. The SMILES string of the molecule is O=C(O)NCCOc1ccc2ccc(=O)oc2c1. The van der Waals surface area contributed by atoms with Gasteiger partial charge in [0.25, 0.3) is 0 Å². The van der Waals surface area contributed by atoms with Crippen molar-refractivity contribution in [2.24, 2.45) is 0 Å². The van der Waals surface area contributed by atoms with Gasteiger partial charge in [-0.1, -0.05) is 0 Å². The summed E-state index contributed by atoms with van der Waals surface area (Å²) in [5, 5.41) is 11.3. The van der Waals surface area contributed by atoms with E-state index in [2.05, 4.69) is 5.32 Å². The van der Waals surface area contributed by atoms with E-state index in [-0.39, 0.29) is 13.2 Å². The molecule has 2 rings (SSSR count). The van der Waals surface area contributed by atoms with Crippen molar-refractivity contribution in [2.45, 2.75) is 0 Å². The Kier molecular flexibility index (Phi) is 3.47. The van der Waals surface area contributed by atoms with Gasteiger partial charge in [-0.2, -0.15) is 0 Å². The highest BCUT2D eigenvalue weighted by Crippen LogP contribution is 2.19. The maximum Gasteiger partial charge on any atom is 0.404 e. The van der Waals surface area contributed by atoms with Gasteiger partial charge in [-0.3, -0.25) is 0 Å². The summed E-state index contributed by atoms with van der Waals surface area (Å²) in [6, 6.07) is 8.09. The molecule has 0 radical (unpaired) electrons. The van der Waals surface area contributed by atoms with Crippen LogP contribution in [0.5, 0.6) is 5.75 Å². The minimum absolute atomic E-state index is 0.187. The average molecular weight is 249 g/mol. The molecule has 0 unspecified atom stereocenters. The fraction of sp³-hybridized carbons (Fsp3) is 0.167. The fourth-order valence-electron chi connectivity index (χ4n) is 1.46. The first-order valence-corrected chi connectivity index (χ1v) is 5.29. The molecule has 94 valence electrons. The molecule has 6 nitrogen and oxygen atoms in total. The van der Waals surface area contributed by atoms with E-state index in [0.29, 0.717) is 11.3 Å². The molecule has 0 aliphatic heterocycles. The number of carbonyl (C=O) groups is 1. The lowest BCUT2D eigenvalue weighted by Gasteiger charge is -2.06. The van der Waals surface area contributed by atoms with Gasteiger partial charge in [0.2, 0.25) is 0 Å². The van der Waals surface area contributed by atoms with Crippen LogP contribution in [0.3, 0.4) is 0 Å². The molecule has 18 heavy (non-hydrogen) atoms. The molecule has 1 heterocycles. The average Bonchev–Trinajstić information content (AvgIpc) is 2.34. The van der Waals surface area contributed by atoms with Crippen LogP contribution >= 0.6 is 0 Å². The van der Waals surface area contributed by atoms with Crippen LogP contribution in [-0.2, 0) is 0 Å². The van der Waals surface area contributed by atoms with Crippen molar-refractivity contribution in [1.29, 1.82) is 0 Å². The number of amides is 1. The van der Waals surface area contributed by atoms with Crippen LogP contribution in [0.25, 0.3) is 11.0 Å². The zero-order valence-electron chi connectivity index (χ0n) is 9.38. The summed E-state index contributed by atoms with van der Waals surface area (Å²) in [6.07, 6.45) is -1.09. The van der Waals surface area contributed by atoms with E-state index >= 15 is 0 Å². The van der Waals surface area contributed by atoms with E-state index in [1.54, 1.807) is 24.3 Å². The highest BCUT2D eigenvalue weighted by molar-refractivity contribution is 5.77. The summed E-state index contributed by atoms with van der Waals surface area (Å²) in [4.78, 5) is 21.3. The van der Waals surface area contributed by atoms with Crippen molar-refractivity contribution in [1.82, 2.24) is 5.32 Å². The van der Waals surface area contributed by atoms with E-state index in [1.165, 1.54) is 6.07 Å². The lowest BCUT2D eigenvalue weighted by molar-refractivity contribution is 0.191. The van der Waals surface area contributed by atoms with Crippen molar-refractivity contribution in [2.75, 3.05) is 13.2 Å². The number of fused-ring (bicyclic) bond motifs is 1. The molecule has 0 atom stereocenters. The van der Waals surface area contributed by atoms with Crippen LogP contribution in [-0.4, -0.2) is 24.4 Å². The van der Waals surface area contributed by atoms with Crippen molar-refractivity contribution in [3.05, 3.63) is 40.8 Å². The molecule has 2 N–H and O–H groups in total. The number of ether oxygens (including phenoxy) is 1. The first-order valence-electron chi connectivity index (χ1n) is 5.29. The molecular weight excluding hydrogens is 238 g/mol. The molecule has 0 spiro atoms. The third-order valence-electron chi connectivity index (χ3n) is 2.24. The summed E-state index contributed by atoms with van der Waals surface area (Å²) in [5.41, 5.74) is 0.0124. The first-order chi connectivity index (χ1) is 8.65. The topological polar surface area (TPSA) is 88.8 Å². The third kappa shape index (κ3) is 3.00. The largest absolute Gasteiger partial charge is 0.492 e. The normalized spacial score (nSPS) is 10.2. The van der Waals surface area contributed by atoms with E-state index in [9.17, 15) is 9.59 Å². The molecule has 0 fully saturated rings. The Labute approximate surface area is 102 Å². The van der Waals surface area contributed by atoms with Gasteiger partial charge in [0.15, 0.2) is 0 Å². The highest BCUT2D eigenvalue weighted by Gasteiger charge is 2.00.